The Morgan fingerprint density at radius 3 is 2.19 bits per heavy atom. The van der Waals surface area contributed by atoms with E-state index in [1.807, 2.05) is 13.0 Å². The number of rotatable bonds is 12. The fraction of sp³-hybridized carbons (Fsp3) is 0.846. The first-order chi connectivity index (χ1) is 15.3. The lowest BCUT2D eigenvalue weighted by atomic mass is 9.62. The van der Waals surface area contributed by atoms with Gasteiger partial charge in [0.15, 0.2) is 6.29 Å². The van der Waals surface area contributed by atoms with Crippen molar-refractivity contribution in [1.82, 2.24) is 0 Å². The number of methoxy groups -OCH3 is 4. The molecule has 1 heterocycles. The number of hydrogen-bond acceptors (Lipinski definition) is 6. The van der Waals surface area contributed by atoms with Gasteiger partial charge in [-0.1, -0.05) is 39.0 Å². The molecule has 1 saturated carbocycles. The SMILES string of the molecule is CC[C@H](OC)[C@@H](C)[C@H]1CC[C@@H]1[C@H](O)[C@@H](C)/C=C/C=C(\C)[C@@H]1O[C@@H](OC)[C@H](OC)C[C@H]1OC. The van der Waals surface area contributed by atoms with E-state index < -0.39 is 6.29 Å². The minimum Gasteiger partial charge on any atom is -0.392 e. The summed E-state index contributed by atoms with van der Waals surface area (Å²) in [5, 5.41) is 11.0. The topological polar surface area (TPSA) is 66.4 Å². The molecule has 32 heavy (non-hydrogen) atoms. The molecule has 0 aromatic carbocycles. The van der Waals surface area contributed by atoms with E-state index in [0.717, 1.165) is 18.4 Å². The van der Waals surface area contributed by atoms with Gasteiger partial charge in [0.05, 0.1) is 18.3 Å². The maximum absolute atomic E-state index is 11.0. The van der Waals surface area contributed by atoms with E-state index in [2.05, 4.69) is 32.9 Å². The van der Waals surface area contributed by atoms with Gasteiger partial charge in [-0.2, -0.15) is 0 Å². The summed E-state index contributed by atoms with van der Waals surface area (Å²) in [5.74, 6) is 1.42. The van der Waals surface area contributed by atoms with Crippen LogP contribution in [0.25, 0.3) is 0 Å². The van der Waals surface area contributed by atoms with E-state index in [-0.39, 0.29) is 36.4 Å². The van der Waals surface area contributed by atoms with E-state index >= 15 is 0 Å². The van der Waals surface area contributed by atoms with Crippen molar-refractivity contribution in [3.05, 3.63) is 23.8 Å². The van der Waals surface area contributed by atoms with Crippen molar-refractivity contribution >= 4 is 0 Å². The smallest absolute Gasteiger partial charge is 0.184 e. The quantitative estimate of drug-likeness (QED) is 0.442. The number of ether oxygens (including phenoxy) is 5. The Labute approximate surface area is 195 Å². The molecule has 1 aliphatic carbocycles. The van der Waals surface area contributed by atoms with Gasteiger partial charge < -0.3 is 28.8 Å². The fourth-order valence-corrected chi connectivity index (χ4v) is 5.46. The number of aliphatic hydroxyl groups is 1. The molecule has 10 atom stereocenters. The molecule has 1 saturated heterocycles. The largest absolute Gasteiger partial charge is 0.392 e. The van der Waals surface area contributed by atoms with Crippen LogP contribution in [0.3, 0.4) is 0 Å². The zero-order valence-electron chi connectivity index (χ0n) is 21.3. The monoisotopic (exact) mass is 454 g/mol. The Kier molecular flexibility index (Phi) is 11.3. The summed E-state index contributed by atoms with van der Waals surface area (Å²) in [6.45, 7) is 8.58. The molecule has 0 aromatic rings. The van der Waals surface area contributed by atoms with Gasteiger partial charge in [0.1, 0.15) is 12.2 Å². The fourth-order valence-electron chi connectivity index (χ4n) is 5.46. The predicted octanol–water partition coefficient (Wildman–Crippen LogP) is 4.36. The van der Waals surface area contributed by atoms with Crippen molar-refractivity contribution in [2.24, 2.45) is 23.7 Å². The van der Waals surface area contributed by atoms with E-state index in [9.17, 15) is 5.11 Å². The van der Waals surface area contributed by atoms with Crippen LogP contribution >= 0.6 is 0 Å². The zero-order valence-corrected chi connectivity index (χ0v) is 21.3. The Bertz CT molecular complexity index is 601. The molecule has 0 spiro atoms. The maximum atomic E-state index is 11.0. The van der Waals surface area contributed by atoms with Crippen molar-refractivity contribution in [3.8, 4) is 0 Å². The molecular formula is C26H46O6. The average Bonchev–Trinajstić information content (AvgIpc) is 2.77. The molecule has 2 aliphatic rings. The van der Waals surface area contributed by atoms with E-state index in [0.29, 0.717) is 24.2 Å². The summed E-state index contributed by atoms with van der Waals surface area (Å²) in [7, 11) is 6.79. The molecular weight excluding hydrogens is 408 g/mol. The molecule has 1 N–H and O–H groups in total. The van der Waals surface area contributed by atoms with Gasteiger partial charge in [-0.25, -0.2) is 0 Å². The van der Waals surface area contributed by atoms with Gasteiger partial charge in [-0.15, -0.1) is 0 Å². The molecule has 0 unspecified atom stereocenters. The zero-order chi connectivity index (χ0) is 23.8. The lowest BCUT2D eigenvalue weighted by Crippen LogP contribution is -2.49. The molecule has 0 aromatic heterocycles. The highest BCUT2D eigenvalue weighted by atomic mass is 16.7. The van der Waals surface area contributed by atoms with E-state index in [1.165, 1.54) is 6.42 Å². The second-order valence-electron chi connectivity index (χ2n) is 9.54. The second-order valence-corrected chi connectivity index (χ2v) is 9.54. The van der Waals surface area contributed by atoms with Crippen molar-refractivity contribution in [3.63, 3.8) is 0 Å². The minimum atomic E-state index is -0.416. The van der Waals surface area contributed by atoms with Crippen LogP contribution < -0.4 is 0 Å². The average molecular weight is 455 g/mol. The van der Waals surface area contributed by atoms with Crippen LogP contribution in [-0.4, -0.2) is 70.4 Å². The highest BCUT2D eigenvalue weighted by Crippen LogP contribution is 2.45. The normalized spacial score (nSPS) is 35.3. The molecule has 6 nitrogen and oxygen atoms in total. The standard InChI is InChI=1S/C26H46O6/c1-9-21(28-5)18(4)19-13-14-20(19)24(27)16(2)11-10-12-17(3)25-22(29-6)15-23(30-7)26(31-8)32-25/h10-12,16,18-27H,9,13-15H2,1-8H3/b11-10+,17-12+/t16-,18-,19+,20-,21-,22+,23+,24+,25-,26+/m0/s1. The Hall–Kier alpha value is -0.760. The molecule has 6 heteroatoms. The van der Waals surface area contributed by atoms with E-state index in [4.69, 9.17) is 23.7 Å². The summed E-state index contributed by atoms with van der Waals surface area (Å²) in [4.78, 5) is 0. The predicted molar refractivity (Wildman–Crippen MR) is 126 cm³/mol. The van der Waals surface area contributed by atoms with Crippen LogP contribution in [-0.2, 0) is 23.7 Å². The van der Waals surface area contributed by atoms with E-state index in [1.54, 1.807) is 28.4 Å². The summed E-state index contributed by atoms with van der Waals surface area (Å²) in [6.07, 6.45) is 9.25. The summed E-state index contributed by atoms with van der Waals surface area (Å²) < 4.78 is 28.4. The highest BCUT2D eigenvalue weighted by Gasteiger charge is 2.42. The van der Waals surface area contributed by atoms with Gasteiger partial charge in [0.2, 0.25) is 0 Å². The number of aliphatic hydroxyl groups excluding tert-OH is 1. The Balaban J connectivity index is 1.98. The first-order valence-corrected chi connectivity index (χ1v) is 12.1. The maximum Gasteiger partial charge on any atom is 0.184 e. The third-order valence-electron chi connectivity index (χ3n) is 7.77. The van der Waals surface area contributed by atoms with Crippen molar-refractivity contribution in [2.45, 2.75) is 90.2 Å². The highest BCUT2D eigenvalue weighted by molar-refractivity contribution is 5.18. The molecule has 1 aliphatic heterocycles. The summed E-state index contributed by atoms with van der Waals surface area (Å²) in [5.41, 5.74) is 1.06. The van der Waals surface area contributed by atoms with Crippen LogP contribution in [0.1, 0.15) is 53.4 Å². The van der Waals surface area contributed by atoms with Crippen molar-refractivity contribution < 1.29 is 28.8 Å². The molecule has 0 amide bonds. The molecule has 0 bridgehead atoms. The lowest BCUT2D eigenvalue weighted by Gasteiger charge is -2.46. The Morgan fingerprint density at radius 1 is 1.03 bits per heavy atom. The van der Waals surface area contributed by atoms with Crippen molar-refractivity contribution in [2.75, 3.05) is 28.4 Å². The van der Waals surface area contributed by atoms with Crippen LogP contribution in [0.4, 0.5) is 0 Å². The third kappa shape index (κ3) is 6.43. The molecule has 0 radical (unpaired) electrons. The van der Waals surface area contributed by atoms with Crippen LogP contribution in [0.15, 0.2) is 23.8 Å². The van der Waals surface area contributed by atoms with Crippen molar-refractivity contribution in [1.29, 1.82) is 0 Å². The first kappa shape index (κ1) is 27.5. The summed E-state index contributed by atoms with van der Waals surface area (Å²) >= 11 is 0. The molecule has 2 fully saturated rings. The molecule has 186 valence electrons. The van der Waals surface area contributed by atoms with Gasteiger partial charge in [-0.3, -0.25) is 0 Å². The minimum absolute atomic E-state index is 0.0803. The summed E-state index contributed by atoms with van der Waals surface area (Å²) in [6, 6.07) is 0. The Morgan fingerprint density at radius 2 is 1.69 bits per heavy atom. The third-order valence-corrected chi connectivity index (χ3v) is 7.77. The number of allylic oxidation sites excluding steroid dienone is 2. The van der Waals surface area contributed by atoms with Gasteiger partial charge in [0.25, 0.3) is 0 Å². The molecule has 2 rings (SSSR count). The van der Waals surface area contributed by atoms with Crippen LogP contribution in [0.2, 0.25) is 0 Å². The second kappa shape index (κ2) is 13.2. The lowest BCUT2D eigenvalue weighted by molar-refractivity contribution is -0.256. The van der Waals surface area contributed by atoms with Gasteiger partial charge >= 0.3 is 0 Å². The van der Waals surface area contributed by atoms with Crippen LogP contribution in [0, 0.1) is 23.7 Å². The number of hydrogen-bond donors (Lipinski definition) is 1. The first-order valence-electron chi connectivity index (χ1n) is 12.1. The van der Waals surface area contributed by atoms with Gasteiger partial charge in [-0.05, 0) is 49.5 Å². The van der Waals surface area contributed by atoms with Gasteiger partial charge in [0, 0.05) is 40.8 Å². The van der Waals surface area contributed by atoms with Crippen LogP contribution in [0.5, 0.6) is 0 Å².